The Balaban J connectivity index is 1.85. The zero-order valence-corrected chi connectivity index (χ0v) is 13.3. The molecule has 0 saturated heterocycles. The first-order valence-electron chi connectivity index (χ1n) is 6.90. The first kappa shape index (κ1) is 16.3. The minimum atomic E-state index is -4.58. The highest BCUT2D eigenvalue weighted by atomic mass is 32.1. The van der Waals surface area contributed by atoms with Gasteiger partial charge >= 0.3 is 6.18 Å². The first-order valence-corrected chi connectivity index (χ1v) is 7.72. The summed E-state index contributed by atoms with van der Waals surface area (Å²) >= 11 is 1.43. The SMILES string of the molecule is CNc1nc2ccc(OCc3ccnc(N)c3C(F)(F)F)cc2s1. The van der Waals surface area contributed by atoms with E-state index >= 15 is 0 Å². The van der Waals surface area contributed by atoms with Crippen molar-refractivity contribution in [1.29, 1.82) is 0 Å². The average Bonchev–Trinajstić information content (AvgIpc) is 2.94. The number of hydrogen-bond donors (Lipinski definition) is 2. The summed E-state index contributed by atoms with van der Waals surface area (Å²) in [5.74, 6) is -0.0996. The van der Waals surface area contributed by atoms with Crippen molar-refractivity contribution >= 4 is 32.5 Å². The predicted octanol–water partition coefficient (Wildman–Crippen LogP) is 3.91. The molecular weight excluding hydrogens is 341 g/mol. The molecule has 0 amide bonds. The molecule has 0 unspecified atom stereocenters. The molecule has 2 heterocycles. The number of nitrogen functional groups attached to an aromatic ring is 1. The molecule has 9 heteroatoms. The Kier molecular flexibility index (Phi) is 4.18. The monoisotopic (exact) mass is 354 g/mol. The molecular formula is C15H13F3N4OS. The minimum absolute atomic E-state index is 0.0599. The number of ether oxygens (including phenoxy) is 1. The lowest BCUT2D eigenvalue weighted by Crippen LogP contribution is -2.15. The van der Waals surface area contributed by atoms with Crippen LogP contribution in [0.2, 0.25) is 0 Å². The zero-order valence-electron chi connectivity index (χ0n) is 12.5. The largest absolute Gasteiger partial charge is 0.489 e. The quantitative estimate of drug-likeness (QED) is 0.743. The Bertz CT molecular complexity index is 879. The van der Waals surface area contributed by atoms with Crippen molar-refractivity contribution in [3.8, 4) is 5.75 Å². The average molecular weight is 354 g/mol. The molecule has 2 aromatic heterocycles. The van der Waals surface area contributed by atoms with Crippen LogP contribution in [-0.4, -0.2) is 17.0 Å². The van der Waals surface area contributed by atoms with E-state index in [4.69, 9.17) is 10.5 Å². The third kappa shape index (κ3) is 3.21. The first-order chi connectivity index (χ1) is 11.4. The maximum atomic E-state index is 13.1. The lowest BCUT2D eigenvalue weighted by atomic mass is 10.1. The molecule has 0 atom stereocenters. The normalized spacial score (nSPS) is 11.7. The maximum absolute atomic E-state index is 13.1. The van der Waals surface area contributed by atoms with Gasteiger partial charge in [0.2, 0.25) is 0 Å². The van der Waals surface area contributed by atoms with Crippen LogP contribution in [0.1, 0.15) is 11.1 Å². The molecule has 0 aliphatic rings. The number of nitrogens with two attached hydrogens (primary N) is 1. The summed E-state index contributed by atoms with van der Waals surface area (Å²) in [6, 6.07) is 6.42. The second-order valence-electron chi connectivity index (χ2n) is 4.92. The summed E-state index contributed by atoms with van der Waals surface area (Å²) in [4.78, 5) is 7.83. The molecule has 3 rings (SSSR count). The molecule has 3 aromatic rings. The smallest absolute Gasteiger partial charge is 0.420 e. The van der Waals surface area contributed by atoms with E-state index in [1.165, 1.54) is 23.6 Å². The fourth-order valence-electron chi connectivity index (χ4n) is 2.23. The van der Waals surface area contributed by atoms with Gasteiger partial charge in [0.05, 0.1) is 10.2 Å². The van der Waals surface area contributed by atoms with Gasteiger partial charge in [-0.3, -0.25) is 0 Å². The van der Waals surface area contributed by atoms with Crippen molar-refractivity contribution in [3.05, 3.63) is 41.6 Å². The van der Waals surface area contributed by atoms with Crippen LogP contribution in [0.5, 0.6) is 5.75 Å². The summed E-state index contributed by atoms with van der Waals surface area (Å²) < 4.78 is 45.7. The molecule has 0 spiro atoms. The van der Waals surface area contributed by atoms with Crippen LogP contribution in [0.4, 0.5) is 24.1 Å². The summed E-state index contributed by atoms with van der Waals surface area (Å²) in [6.45, 7) is -0.259. The van der Waals surface area contributed by atoms with Gasteiger partial charge in [0.25, 0.3) is 0 Å². The van der Waals surface area contributed by atoms with Gasteiger partial charge in [0.15, 0.2) is 5.13 Å². The molecule has 0 bridgehead atoms. The number of fused-ring (bicyclic) bond motifs is 1. The van der Waals surface area contributed by atoms with Gasteiger partial charge in [-0.25, -0.2) is 9.97 Å². The van der Waals surface area contributed by atoms with E-state index in [0.29, 0.717) is 5.75 Å². The van der Waals surface area contributed by atoms with Gasteiger partial charge in [-0.15, -0.1) is 0 Å². The van der Waals surface area contributed by atoms with Gasteiger partial charge in [0, 0.05) is 18.8 Å². The molecule has 126 valence electrons. The highest BCUT2D eigenvalue weighted by Gasteiger charge is 2.36. The highest BCUT2D eigenvalue weighted by Crippen LogP contribution is 2.36. The number of nitrogens with zero attached hydrogens (tertiary/aromatic N) is 2. The summed E-state index contributed by atoms with van der Waals surface area (Å²) in [6.07, 6.45) is -3.35. The summed E-state index contributed by atoms with van der Waals surface area (Å²) in [5.41, 5.74) is 5.14. The number of anilines is 2. The van der Waals surface area contributed by atoms with Gasteiger partial charge < -0.3 is 15.8 Å². The van der Waals surface area contributed by atoms with Crippen molar-refractivity contribution in [2.24, 2.45) is 0 Å². The Morgan fingerprint density at radius 1 is 1.29 bits per heavy atom. The number of thiazole rings is 1. The van der Waals surface area contributed by atoms with E-state index in [1.54, 1.807) is 25.2 Å². The topological polar surface area (TPSA) is 73.1 Å². The Labute approximate surface area is 139 Å². The van der Waals surface area contributed by atoms with Crippen molar-refractivity contribution < 1.29 is 17.9 Å². The van der Waals surface area contributed by atoms with E-state index in [-0.39, 0.29) is 12.2 Å². The van der Waals surface area contributed by atoms with Crippen molar-refractivity contribution in [1.82, 2.24) is 9.97 Å². The highest BCUT2D eigenvalue weighted by molar-refractivity contribution is 7.22. The summed E-state index contributed by atoms with van der Waals surface area (Å²) in [5, 5.41) is 3.70. The summed E-state index contributed by atoms with van der Waals surface area (Å²) in [7, 11) is 1.77. The maximum Gasteiger partial charge on any atom is 0.420 e. The number of aromatic nitrogens is 2. The Hall–Kier alpha value is -2.55. The van der Waals surface area contributed by atoms with Gasteiger partial charge in [-0.05, 0) is 24.3 Å². The van der Waals surface area contributed by atoms with Crippen LogP contribution in [0.25, 0.3) is 10.2 Å². The molecule has 0 fully saturated rings. The van der Waals surface area contributed by atoms with Crippen molar-refractivity contribution in [2.75, 3.05) is 18.1 Å². The number of halogens is 3. The number of benzene rings is 1. The molecule has 1 aromatic carbocycles. The Morgan fingerprint density at radius 2 is 2.08 bits per heavy atom. The standard InChI is InChI=1S/C15H13F3N4OS/c1-20-14-22-10-3-2-9(6-11(10)24-14)23-7-8-4-5-21-13(19)12(8)15(16,17)18/h2-6H,7H2,1H3,(H2,19,21)(H,20,22). The molecule has 24 heavy (non-hydrogen) atoms. The molecule has 0 aliphatic carbocycles. The van der Waals surface area contributed by atoms with Gasteiger partial charge in [-0.1, -0.05) is 11.3 Å². The van der Waals surface area contributed by atoms with Crippen LogP contribution < -0.4 is 15.8 Å². The van der Waals surface area contributed by atoms with Gasteiger partial charge in [0.1, 0.15) is 23.7 Å². The molecule has 5 nitrogen and oxygen atoms in total. The van der Waals surface area contributed by atoms with E-state index in [1.807, 2.05) is 0 Å². The van der Waals surface area contributed by atoms with E-state index < -0.39 is 17.6 Å². The van der Waals surface area contributed by atoms with Crippen LogP contribution in [0.15, 0.2) is 30.5 Å². The van der Waals surface area contributed by atoms with Crippen molar-refractivity contribution in [2.45, 2.75) is 12.8 Å². The van der Waals surface area contributed by atoms with Crippen LogP contribution in [0.3, 0.4) is 0 Å². The lowest BCUT2D eigenvalue weighted by Gasteiger charge is -2.15. The molecule has 3 N–H and O–H groups in total. The van der Waals surface area contributed by atoms with Gasteiger partial charge in [-0.2, -0.15) is 13.2 Å². The molecule has 0 saturated carbocycles. The minimum Gasteiger partial charge on any atom is -0.489 e. The van der Waals surface area contributed by atoms with Crippen molar-refractivity contribution in [3.63, 3.8) is 0 Å². The Morgan fingerprint density at radius 3 is 2.79 bits per heavy atom. The number of rotatable bonds is 4. The van der Waals surface area contributed by atoms with E-state index in [9.17, 15) is 13.2 Å². The molecule has 0 radical (unpaired) electrons. The van der Waals surface area contributed by atoms with Crippen LogP contribution >= 0.6 is 11.3 Å². The lowest BCUT2D eigenvalue weighted by molar-refractivity contribution is -0.138. The third-order valence-corrected chi connectivity index (χ3v) is 4.35. The number of hydrogen-bond acceptors (Lipinski definition) is 6. The fourth-order valence-corrected chi connectivity index (χ4v) is 3.08. The van der Waals surface area contributed by atoms with Crippen LogP contribution in [0, 0.1) is 0 Å². The second kappa shape index (κ2) is 6.16. The number of pyridine rings is 1. The zero-order chi connectivity index (χ0) is 17.3. The molecule has 0 aliphatic heterocycles. The van der Waals surface area contributed by atoms with E-state index in [2.05, 4.69) is 15.3 Å². The fraction of sp³-hybridized carbons (Fsp3) is 0.200. The number of alkyl halides is 3. The van der Waals surface area contributed by atoms with E-state index in [0.717, 1.165) is 15.3 Å². The predicted molar refractivity (Wildman–Crippen MR) is 87.2 cm³/mol. The number of nitrogens with one attached hydrogen (secondary N) is 1. The second-order valence-corrected chi connectivity index (χ2v) is 5.95. The van der Waals surface area contributed by atoms with Crippen LogP contribution in [-0.2, 0) is 12.8 Å². The third-order valence-electron chi connectivity index (χ3n) is 3.32.